The van der Waals surface area contributed by atoms with Crippen molar-refractivity contribution in [2.75, 3.05) is 27.2 Å². The fourth-order valence-corrected chi connectivity index (χ4v) is 3.74. The van der Waals surface area contributed by atoms with Crippen LogP contribution in [-0.2, 0) is 10.0 Å². The number of halogens is 1. The molecule has 0 bridgehead atoms. The normalized spacial score (nSPS) is 20.7. The van der Waals surface area contributed by atoms with Crippen molar-refractivity contribution in [2.45, 2.75) is 17.4 Å². The number of benzene rings is 1. The first-order valence-electron chi connectivity index (χ1n) is 5.97. The van der Waals surface area contributed by atoms with Crippen LogP contribution in [0.2, 0.25) is 5.02 Å². The van der Waals surface area contributed by atoms with Crippen molar-refractivity contribution in [2.24, 2.45) is 0 Å². The maximum absolute atomic E-state index is 12.2. The lowest BCUT2D eigenvalue weighted by atomic mass is 10.3. The lowest BCUT2D eigenvalue weighted by molar-refractivity contribution is 0.407. The highest BCUT2D eigenvalue weighted by Crippen LogP contribution is 2.27. The summed E-state index contributed by atoms with van der Waals surface area (Å²) >= 11 is 5.95. The molecule has 0 aromatic heterocycles. The van der Waals surface area contributed by atoms with Gasteiger partial charge in [-0.15, -0.1) is 0 Å². The van der Waals surface area contributed by atoms with Gasteiger partial charge in [-0.2, -0.15) is 0 Å². The number of methoxy groups -OCH3 is 1. The Kier molecular flexibility index (Phi) is 4.35. The van der Waals surface area contributed by atoms with E-state index in [2.05, 4.69) is 9.62 Å². The van der Waals surface area contributed by atoms with Gasteiger partial charge in [0.15, 0.2) is 0 Å². The largest absolute Gasteiger partial charge is 0.495 e. The fourth-order valence-electron chi connectivity index (χ4n) is 2.13. The summed E-state index contributed by atoms with van der Waals surface area (Å²) in [6.45, 7) is 1.62. The van der Waals surface area contributed by atoms with Crippen LogP contribution in [-0.4, -0.2) is 46.6 Å². The van der Waals surface area contributed by atoms with Crippen LogP contribution < -0.4 is 9.46 Å². The molecule has 1 N–H and O–H groups in total. The van der Waals surface area contributed by atoms with Crippen LogP contribution in [0, 0.1) is 0 Å². The molecule has 5 nitrogen and oxygen atoms in total. The molecule has 0 aliphatic carbocycles. The van der Waals surface area contributed by atoms with Gasteiger partial charge in [-0.1, -0.05) is 11.6 Å². The van der Waals surface area contributed by atoms with Gasteiger partial charge in [0.1, 0.15) is 5.75 Å². The number of nitrogens with zero attached hydrogens (tertiary/aromatic N) is 1. The molecule has 0 radical (unpaired) electrons. The summed E-state index contributed by atoms with van der Waals surface area (Å²) in [6, 6.07) is 4.40. The second-order valence-corrected chi connectivity index (χ2v) is 6.79. The van der Waals surface area contributed by atoms with E-state index < -0.39 is 10.0 Å². The second kappa shape index (κ2) is 5.66. The number of likely N-dealkylation sites (tertiary alicyclic amines) is 1. The molecule has 1 aliphatic rings. The van der Waals surface area contributed by atoms with Gasteiger partial charge in [-0.05, 0) is 38.2 Å². The van der Waals surface area contributed by atoms with Gasteiger partial charge in [-0.25, -0.2) is 13.1 Å². The van der Waals surface area contributed by atoms with Crippen LogP contribution in [0.25, 0.3) is 0 Å². The molecule has 106 valence electrons. The van der Waals surface area contributed by atoms with E-state index in [1.807, 2.05) is 7.05 Å². The Morgan fingerprint density at radius 2 is 2.21 bits per heavy atom. The zero-order valence-electron chi connectivity index (χ0n) is 10.9. The molecule has 2 rings (SSSR count). The number of likely N-dealkylation sites (N-methyl/N-ethyl adjacent to an activating group) is 1. The van der Waals surface area contributed by atoms with Crippen LogP contribution in [0.5, 0.6) is 5.75 Å². The molecule has 1 heterocycles. The molecule has 1 aliphatic heterocycles. The summed E-state index contributed by atoms with van der Waals surface area (Å²) in [4.78, 5) is 2.25. The average Bonchev–Trinajstić information content (AvgIpc) is 2.73. The van der Waals surface area contributed by atoms with Crippen molar-refractivity contribution in [1.29, 1.82) is 0 Å². The number of sulfonamides is 1. The first-order valence-corrected chi connectivity index (χ1v) is 7.83. The van der Waals surface area contributed by atoms with Crippen molar-refractivity contribution >= 4 is 21.6 Å². The quantitative estimate of drug-likeness (QED) is 0.912. The number of ether oxygens (including phenoxy) is 1. The molecular formula is C12H17ClN2O3S. The minimum absolute atomic E-state index is 0.0455. The third kappa shape index (κ3) is 3.39. The first-order chi connectivity index (χ1) is 8.92. The summed E-state index contributed by atoms with van der Waals surface area (Å²) in [5.41, 5.74) is 0. The van der Waals surface area contributed by atoms with Crippen molar-refractivity contribution in [1.82, 2.24) is 9.62 Å². The smallest absolute Gasteiger partial charge is 0.240 e. The van der Waals surface area contributed by atoms with E-state index >= 15 is 0 Å². The van der Waals surface area contributed by atoms with Crippen LogP contribution in [0.4, 0.5) is 0 Å². The number of rotatable bonds is 4. The van der Waals surface area contributed by atoms with E-state index in [1.165, 1.54) is 19.2 Å². The summed E-state index contributed by atoms with van der Waals surface area (Å²) in [5.74, 6) is 0.459. The van der Waals surface area contributed by atoms with Gasteiger partial charge in [-0.3, -0.25) is 0 Å². The first kappa shape index (κ1) is 14.6. The van der Waals surface area contributed by atoms with Crippen molar-refractivity contribution in [3.8, 4) is 5.75 Å². The van der Waals surface area contributed by atoms with Crippen molar-refractivity contribution in [3.05, 3.63) is 23.2 Å². The minimum Gasteiger partial charge on any atom is -0.495 e. The third-order valence-electron chi connectivity index (χ3n) is 3.15. The SMILES string of the molecule is COc1ccc(S(=O)(=O)NC2CCN(C)C2)cc1Cl. The van der Waals surface area contributed by atoms with E-state index in [9.17, 15) is 8.42 Å². The predicted molar refractivity (Wildman–Crippen MR) is 74.2 cm³/mol. The zero-order chi connectivity index (χ0) is 14.0. The minimum atomic E-state index is -3.53. The highest BCUT2D eigenvalue weighted by molar-refractivity contribution is 7.89. The maximum Gasteiger partial charge on any atom is 0.240 e. The van der Waals surface area contributed by atoms with E-state index in [0.717, 1.165) is 19.5 Å². The Labute approximate surface area is 118 Å². The van der Waals surface area contributed by atoms with Crippen LogP contribution in [0.3, 0.4) is 0 Å². The second-order valence-electron chi connectivity index (χ2n) is 4.67. The third-order valence-corrected chi connectivity index (χ3v) is 4.96. The van der Waals surface area contributed by atoms with E-state index in [-0.39, 0.29) is 16.0 Å². The standard InChI is InChI=1S/C12H17ClN2O3S/c1-15-6-5-9(8-15)14-19(16,17)10-3-4-12(18-2)11(13)7-10/h3-4,7,9,14H,5-6,8H2,1-2H3. The Morgan fingerprint density at radius 3 is 2.74 bits per heavy atom. The number of hydrogen-bond acceptors (Lipinski definition) is 4. The highest BCUT2D eigenvalue weighted by Gasteiger charge is 2.25. The molecule has 7 heteroatoms. The predicted octanol–water partition coefficient (Wildman–Crippen LogP) is 1.33. The molecule has 19 heavy (non-hydrogen) atoms. The molecule has 1 fully saturated rings. The van der Waals surface area contributed by atoms with Gasteiger partial charge in [0.2, 0.25) is 10.0 Å². The monoisotopic (exact) mass is 304 g/mol. The van der Waals surface area contributed by atoms with Gasteiger partial charge >= 0.3 is 0 Å². The van der Waals surface area contributed by atoms with Gasteiger partial charge in [0.25, 0.3) is 0 Å². The number of nitrogens with one attached hydrogen (secondary N) is 1. The molecule has 1 atom stereocenters. The van der Waals surface area contributed by atoms with Crippen LogP contribution >= 0.6 is 11.6 Å². The lowest BCUT2D eigenvalue weighted by Gasteiger charge is -2.14. The molecule has 0 spiro atoms. The molecule has 1 unspecified atom stereocenters. The fraction of sp³-hybridized carbons (Fsp3) is 0.500. The molecule has 1 aromatic carbocycles. The molecule has 1 saturated heterocycles. The van der Waals surface area contributed by atoms with Crippen molar-refractivity contribution < 1.29 is 13.2 Å². The zero-order valence-corrected chi connectivity index (χ0v) is 12.5. The summed E-state index contributed by atoms with van der Waals surface area (Å²) in [6.07, 6.45) is 0.819. The number of hydrogen-bond donors (Lipinski definition) is 1. The molecule has 0 amide bonds. The van der Waals surface area contributed by atoms with E-state index in [1.54, 1.807) is 6.07 Å². The van der Waals surface area contributed by atoms with Gasteiger partial charge < -0.3 is 9.64 Å². The van der Waals surface area contributed by atoms with Crippen LogP contribution in [0.15, 0.2) is 23.1 Å². The van der Waals surface area contributed by atoms with Gasteiger partial charge in [0, 0.05) is 12.6 Å². The lowest BCUT2D eigenvalue weighted by Crippen LogP contribution is -2.36. The average molecular weight is 305 g/mol. The Hall–Kier alpha value is -0.820. The van der Waals surface area contributed by atoms with E-state index in [0.29, 0.717) is 5.75 Å². The van der Waals surface area contributed by atoms with Gasteiger partial charge in [0.05, 0.1) is 17.0 Å². The topological polar surface area (TPSA) is 58.6 Å². The Balaban J connectivity index is 2.17. The maximum atomic E-state index is 12.2. The summed E-state index contributed by atoms with van der Waals surface area (Å²) in [5, 5.41) is 0.286. The summed E-state index contributed by atoms with van der Waals surface area (Å²) in [7, 11) is -0.0724. The molecule has 1 aromatic rings. The molecule has 0 saturated carbocycles. The van der Waals surface area contributed by atoms with Crippen LogP contribution in [0.1, 0.15) is 6.42 Å². The Morgan fingerprint density at radius 1 is 1.47 bits per heavy atom. The molecular weight excluding hydrogens is 288 g/mol. The highest BCUT2D eigenvalue weighted by atomic mass is 35.5. The summed E-state index contributed by atoms with van der Waals surface area (Å²) < 4.78 is 32.1. The Bertz CT molecular complexity index is 562. The van der Waals surface area contributed by atoms with Crippen molar-refractivity contribution in [3.63, 3.8) is 0 Å². The van der Waals surface area contributed by atoms with E-state index in [4.69, 9.17) is 16.3 Å².